The van der Waals surface area contributed by atoms with E-state index in [1.807, 2.05) is 18.2 Å². The average molecular weight is 403 g/mol. The largest absolute Gasteiger partial charge is 0.491 e. The van der Waals surface area contributed by atoms with Crippen LogP contribution in [-0.4, -0.2) is 27.4 Å². The van der Waals surface area contributed by atoms with Crippen molar-refractivity contribution in [2.75, 3.05) is 13.2 Å². The van der Waals surface area contributed by atoms with E-state index < -0.39 is 11.7 Å². The highest BCUT2D eigenvalue weighted by Gasteiger charge is 2.30. The summed E-state index contributed by atoms with van der Waals surface area (Å²) in [5, 5.41) is 0. The van der Waals surface area contributed by atoms with Crippen LogP contribution in [0.5, 0.6) is 5.75 Å². The van der Waals surface area contributed by atoms with E-state index in [4.69, 9.17) is 4.74 Å². The molecule has 1 aliphatic heterocycles. The minimum absolute atomic E-state index is 0.534. The lowest BCUT2D eigenvalue weighted by molar-refractivity contribution is -0.137. The molecular formula is C20H16F3N3OS. The summed E-state index contributed by atoms with van der Waals surface area (Å²) >= 11 is 1.54. The van der Waals surface area contributed by atoms with Gasteiger partial charge in [-0.1, -0.05) is 18.2 Å². The average Bonchev–Trinajstić information content (AvgIpc) is 2.89. The first-order valence-electron chi connectivity index (χ1n) is 8.62. The second-order valence-corrected chi connectivity index (χ2v) is 7.34. The highest BCUT2D eigenvalue weighted by Crippen LogP contribution is 2.38. The molecule has 0 atom stereocenters. The Morgan fingerprint density at radius 1 is 1.00 bits per heavy atom. The minimum atomic E-state index is -4.34. The molecule has 1 aliphatic rings. The molecule has 1 aromatic heterocycles. The van der Waals surface area contributed by atoms with E-state index >= 15 is 0 Å². The molecule has 28 heavy (non-hydrogen) atoms. The Hall–Kier alpha value is -2.58. The molecule has 2 heterocycles. The molecule has 8 heteroatoms. The fourth-order valence-electron chi connectivity index (χ4n) is 2.85. The van der Waals surface area contributed by atoms with E-state index in [2.05, 4.69) is 14.3 Å². The summed E-state index contributed by atoms with van der Waals surface area (Å²) < 4.78 is 46.3. The molecule has 0 spiro atoms. The molecule has 0 saturated carbocycles. The molecule has 0 N–H and O–H groups in total. The topological polar surface area (TPSA) is 38.2 Å². The Morgan fingerprint density at radius 2 is 1.71 bits per heavy atom. The third kappa shape index (κ3) is 4.28. The fourth-order valence-corrected chi connectivity index (χ4v) is 3.87. The number of halogens is 3. The van der Waals surface area contributed by atoms with Crippen LogP contribution < -0.4 is 4.74 Å². The molecule has 3 aromatic rings. The van der Waals surface area contributed by atoms with Gasteiger partial charge in [-0.2, -0.15) is 13.2 Å². The van der Waals surface area contributed by atoms with Gasteiger partial charge in [-0.05, 0) is 53.4 Å². The number of hydrogen-bond donors (Lipinski definition) is 0. The second-order valence-electron chi connectivity index (χ2n) is 6.20. The summed E-state index contributed by atoms with van der Waals surface area (Å²) in [4.78, 5) is 9.42. The molecule has 4 nitrogen and oxygen atoms in total. The number of aromatic nitrogens is 2. The van der Waals surface area contributed by atoms with Gasteiger partial charge < -0.3 is 4.74 Å². The third-order valence-electron chi connectivity index (χ3n) is 4.25. The minimum Gasteiger partial charge on any atom is -0.491 e. The smallest absolute Gasteiger partial charge is 0.416 e. The maximum atomic E-state index is 12.8. The van der Waals surface area contributed by atoms with E-state index in [1.165, 1.54) is 24.1 Å². The van der Waals surface area contributed by atoms with Gasteiger partial charge in [-0.15, -0.1) is 0 Å². The zero-order valence-electron chi connectivity index (χ0n) is 14.7. The molecule has 0 amide bonds. The molecule has 0 bridgehead atoms. The standard InChI is InChI=1S/C20H16F3N3OS/c21-20(22,23)16-5-2-14(3-6-16)15-4-7-17-18(12-15)28-26(10-11-27-17)13-19-24-8-1-9-25-19/h1-9,12H,10-11,13H2. The normalized spacial score (nSPS) is 14.8. The van der Waals surface area contributed by atoms with E-state index in [9.17, 15) is 13.2 Å². The predicted octanol–water partition coefficient (Wildman–Crippen LogP) is 5.06. The van der Waals surface area contributed by atoms with E-state index in [-0.39, 0.29) is 0 Å². The molecule has 4 rings (SSSR count). The Balaban J connectivity index is 1.57. The van der Waals surface area contributed by atoms with E-state index in [1.54, 1.807) is 18.5 Å². The number of alkyl halides is 3. The predicted molar refractivity (Wildman–Crippen MR) is 101 cm³/mol. The summed E-state index contributed by atoms with van der Waals surface area (Å²) in [7, 11) is 0. The van der Waals surface area contributed by atoms with E-state index in [0.717, 1.165) is 39.7 Å². The zero-order valence-corrected chi connectivity index (χ0v) is 15.5. The fraction of sp³-hybridized carbons (Fsp3) is 0.200. The van der Waals surface area contributed by atoms with Crippen LogP contribution in [0.1, 0.15) is 11.4 Å². The quantitative estimate of drug-likeness (QED) is 0.571. The Bertz CT molecular complexity index is 949. The number of fused-ring (bicyclic) bond motifs is 1. The number of ether oxygens (including phenoxy) is 1. The number of nitrogens with zero attached hydrogens (tertiary/aromatic N) is 3. The van der Waals surface area contributed by atoms with Crippen LogP contribution >= 0.6 is 11.9 Å². The molecular weight excluding hydrogens is 387 g/mol. The second kappa shape index (κ2) is 7.81. The van der Waals surface area contributed by atoms with Crippen LogP contribution in [0.4, 0.5) is 13.2 Å². The first-order valence-corrected chi connectivity index (χ1v) is 9.40. The molecule has 0 unspecified atom stereocenters. The SMILES string of the molecule is FC(F)(F)c1ccc(-c2ccc3c(c2)SN(Cc2ncccn2)CCO3)cc1. The Labute approximate surface area is 164 Å². The van der Waals surface area contributed by atoms with Crippen molar-refractivity contribution >= 4 is 11.9 Å². The van der Waals surface area contributed by atoms with Crippen molar-refractivity contribution in [3.8, 4) is 16.9 Å². The molecule has 144 valence electrons. The van der Waals surface area contributed by atoms with Crippen molar-refractivity contribution in [1.82, 2.24) is 14.3 Å². The van der Waals surface area contributed by atoms with Gasteiger partial charge in [-0.3, -0.25) is 0 Å². The van der Waals surface area contributed by atoms with Crippen molar-refractivity contribution in [3.05, 3.63) is 72.3 Å². The lowest BCUT2D eigenvalue weighted by Crippen LogP contribution is -2.20. The van der Waals surface area contributed by atoms with Gasteiger partial charge in [-0.25, -0.2) is 14.3 Å². The summed E-state index contributed by atoms with van der Waals surface area (Å²) in [5.41, 5.74) is 0.901. The Kier molecular flexibility index (Phi) is 5.23. The van der Waals surface area contributed by atoms with Gasteiger partial charge in [0.25, 0.3) is 0 Å². The van der Waals surface area contributed by atoms with Crippen molar-refractivity contribution in [1.29, 1.82) is 0 Å². The van der Waals surface area contributed by atoms with Crippen LogP contribution in [0.15, 0.2) is 65.8 Å². The number of benzene rings is 2. The third-order valence-corrected chi connectivity index (χ3v) is 5.34. The lowest BCUT2D eigenvalue weighted by atomic mass is 10.0. The first kappa shape index (κ1) is 18.8. The number of hydrogen-bond acceptors (Lipinski definition) is 5. The van der Waals surface area contributed by atoms with Crippen molar-refractivity contribution in [2.45, 2.75) is 17.6 Å². The van der Waals surface area contributed by atoms with Gasteiger partial charge >= 0.3 is 6.18 Å². The molecule has 0 aliphatic carbocycles. The van der Waals surface area contributed by atoms with Crippen LogP contribution in [0.3, 0.4) is 0 Å². The Morgan fingerprint density at radius 3 is 2.43 bits per heavy atom. The summed E-state index contributed by atoms with van der Waals surface area (Å²) in [6.45, 7) is 1.80. The number of rotatable bonds is 3. The summed E-state index contributed by atoms with van der Waals surface area (Å²) in [6.07, 6.45) is -0.925. The van der Waals surface area contributed by atoms with E-state index in [0.29, 0.717) is 19.7 Å². The van der Waals surface area contributed by atoms with Gasteiger partial charge in [0.15, 0.2) is 0 Å². The van der Waals surface area contributed by atoms with Crippen molar-refractivity contribution < 1.29 is 17.9 Å². The van der Waals surface area contributed by atoms with Crippen LogP contribution in [0, 0.1) is 0 Å². The van der Waals surface area contributed by atoms with Crippen LogP contribution in [0.25, 0.3) is 11.1 Å². The lowest BCUT2D eigenvalue weighted by Gasteiger charge is -2.17. The van der Waals surface area contributed by atoms with Crippen LogP contribution in [0.2, 0.25) is 0 Å². The molecule has 0 radical (unpaired) electrons. The maximum Gasteiger partial charge on any atom is 0.416 e. The highest BCUT2D eigenvalue weighted by atomic mass is 32.2. The first-order chi connectivity index (χ1) is 13.5. The van der Waals surface area contributed by atoms with Crippen LogP contribution in [-0.2, 0) is 12.7 Å². The van der Waals surface area contributed by atoms with Gasteiger partial charge in [0, 0.05) is 18.9 Å². The maximum absolute atomic E-state index is 12.8. The van der Waals surface area contributed by atoms with Crippen molar-refractivity contribution in [3.63, 3.8) is 0 Å². The van der Waals surface area contributed by atoms with Gasteiger partial charge in [0.05, 0.1) is 17.0 Å². The monoisotopic (exact) mass is 403 g/mol. The molecule has 0 fully saturated rings. The van der Waals surface area contributed by atoms with Gasteiger partial charge in [0.2, 0.25) is 0 Å². The zero-order chi connectivity index (χ0) is 19.6. The summed E-state index contributed by atoms with van der Waals surface area (Å²) in [5.74, 6) is 1.48. The van der Waals surface area contributed by atoms with Gasteiger partial charge in [0.1, 0.15) is 18.2 Å². The molecule has 2 aromatic carbocycles. The van der Waals surface area contributed by atoms with Crippen molar-refractivity contribution in [2.24, 2.45) is 0 Å². The molecule has 0 saturated heterocycles. The summed E-state index contributed by atoms with van der Waals surface area (Å²) in [6, 6.07) is 12.6. The highest BCUT2D eigenvalue weighted by molar-refractivity contribution is 7.97.